The number of ether oxygens (including phenoxy) is 1. The Labute approximate surface area is 187 Å². The number of nitrogens with one attached hydrogen (secondary N) is 2. The number of carbonyl (C=O) groups is 2. The quantitative estimate of drug-likeness (QED) is 0.388. The highest BCUT2D eigenvalue weighted by atomic mass is 35.5. The average Bonchev–Trinajstić information content (AvgIpc) is 2.75. The molecule has 0 aliphatic heterocycles. The fourth-order valence-electron chi connectivity index (χ4n) is 2.42. The minimum atomic E-state index is -0.418. The maximum absolute atomic E-state index is 12.9. The van der Waals surface area contributed by atoms with Crippen LogP contribution in [0.1, 0.15) is 15.9 Å². The van der Waals surface area contributed by atoms with Crippen LogP contribution in [-0.4, -0.2) is 24.6 Å². The number of benzene rings is 3. The lowest BCUT2D eigenvalue weighted by molar-refractivity contribution is -0.118. The van der Waals surface area contributed by atoms with Crippen LogP contribution in [0.3, 0.4) is 0 Å². The number of hydrazone groups is 1. The lowest BCUT2D eigenvalue weighted by atomic mass is 10.2. The molecule has 0 radical (unpaired) electrons. The van der Waals surface area contributed by atoms with Crippen LogP contribution >= 0.6 is 23.2 Å². The van der Waals surface area contributed by atoms with E-state index in [-0.39, 0.29) is 17.5 Å². The first-order chi connectivity index (χ1) is 14.9. The normalized spacial score (nSPS) is 10.7. The molecule has 0 aromatic heterocycles. The van der Waals surface area contributed by atoms with Crippen molar-refractivity contribution in [2.75, 3.05) is 11.9 Å². The van der Waals surface area contributed by atoms with E-state index in [1.165, 1.54) is 30.5 Å². The molecule has 0 unspecified atom stereocenters. The molecule has 0 saturated carbocycles. The highest BCUT2D eigenvalue weighted by Crippen LogP contribution is 2.25. The molecule has 2 N–H and O–H groups in total. The third-order valence-electron chi connectivity index (χ3n) is 3.93. The Morgan fingerprint density at radius 3 is 2.39 bits per heavy atom. The van der Waals surface area contributed by atoms with Crippen molar-refractivity contribution >= 4 is 46.9 Å². The van der Waals surface area contributed by atoms with Crippen LogP contribution in [0.2, 0.25) is 10.0 Å². The van der Waals surface area contributed by atoms with E-state index in [0.717, 1.165) is 0 Å². The van der Waals surface area contributed by atoms with Crippen molar-refractivity contribution in [3.63, 3.8) is 0 Å². The molecule has 0 bridgehead atoms. The molecule has 2 amide bonds. The summed E-state index contributed by atoms with van der Waals surface area (Å²) in [5.41, 5.74) is 3.89. The molecule has 0 spiro atoms. The van der Waals surface area contributed by atoms with E-state index in [1.54, 1.807) is 42.5 Å². The van der Waals surface area contributed by atoms with Gasteiger partial charge in [0.15, 0.2) is 6.61 Å². The molecule has 6 nitrogen and oxygen atoms in total. The first kappa shape index (κ1) is 22.3. The minimum Gasteiger partial charge on any atom is -0.482 e. The van der Waals surface area contributed by atoms with Gasteiger partial charge in [-0.2, -0.15) is 5.10 Å². The summed E-state index contributed by atoms with van der Waals surface area (Å²) < 4.78 is 18.3. The minimum absolute atomic E-state index is 0.266. The number of hydrogen-bond donors (Lipinski definition) is 2. The van der Waals surface area contributed by atoms with Crippen LogP contribution in [0, 0.1) is 5.82 Å². The van der Waals surface area contributed by atoms with E-state index in [0.29, 0.717) is 27.6 Å². The van der Waals surface area contributed by atoms with Gasteiger partial charge in [-0.15, -0.1) is 0 Å². The summed E-state index contributed by atoms with van der Waals surface area (Å²) in [6.07, 6.45) is 1.42. The van der Waals surface area contributed by atoms with Crippen molar-refractivity contribution in [2.24, 2.45) is 5.10 Å². The van der Waals surface area contributed by atoms with Gasteiger partial charge in [0.25, 0.3) is 11.8 Å². The Morgan fingerprint density at radius 2 is 1.71 bits per heavy atom. The molecule has 9 heteroatoms. The van der Waals surface area contributed by atoms with E-state index >= 15 is 0 Å². The third-order valence-corrected chi connectivity index (χ3v) is 4.48. The van der Waals surface area contributed by atoms with Crippen molar-refractivity contribution in [2.45, 2.75) is 0 Å². The van der Waals surface area contributed by atoms with Gasteiger partial charge >= 0.3 is 0 Å². The number of halogens is 3. The zero-order chi connectivity index (χ0) is 22.2. The number of carbonyl (C=O) groups excluding carboxylic acids is 2. The van der Waals surface area contributed by atoms with Crippen molar-refractivity contribution in [3.8, 4) is 5.75 Å². The largest absolute Gasteiger partial charge is 0.482 e. The molecular formula is C22H16Cl2FN3O3. The molecular weight excluding hydrogens is 444 g/mol. The second-order valence-electron chi connectivity index (χ2n) is 6.24. The van der Waals surface area contributed by atoms with Gasteiger partial charge in [0.2, 0.25) is 0 Å². The summed E-state index contributed by atoms with van der Waals surface area (Å²) in [7, 11) is 0. The molecule has 0 heterocycles. The van der Waals surface area contributed by atoms with Gasteiger partial charge in [0, 0.05) is 16.3 Å². The summed E-state index contributed by atoms with van der Waals surface area (Å²) in [5.74, 6) is -0.892. The molecule has 158 valence electrons. The lowest BCUT2D eigenvalue weighted by Gasteiger charge is -2.09. The predicted octanol–water partition coefficient (Wildman–Crippen LogP) is 4.91. The van der Waals surface area contributed by atoms with Crippen LogP contribution in [0.5, 0.6) is 5.75 Å². The van der Waals surface area contributed by atoms with E-state index in [4.69, 9.17) is 27.9 Å². The van der Waals surface area contributed by atoms with Gasteiger partial charge in [-0.25, -0.2) is 9.82 Å². The van der Waals surface area contributed by atoms with Crippen molar-refractivity contribution in [1.82, 2.24) is 5.43 Å². The van der Waals surface area contributed by atoms with E-state index in [9.17, 15) is 14.0 Å². The Balaban J connectivity index is 1.51. The van der Waals surface area contributed by atoms with Gasteiger partial charge < -0.3 is 10.1 Å². The lowest BCUT2D eigenvalue weighted by Crippen LogP contribution is -2.20. The van der Waals surface area contributed by atoms with Crippen LogP contribution < -0.4 is 15.5 Å². The summed E-state index contributed by atoms with van der Waals surface area (Å²) in [6, 6.07) is 16.6. The van der Waals surface area contributed by atoms with Gasteiger partial charge in [0.05, 0.1) is 11.2 Å². The van der Waals surface area contributed by atoms with E-state index < -0.39 is 11.7 Å². The van der Waals surface area contributed by atoms with Gasteiger partial charge in [0.1, 0.15) is 11.6 Å². The number of rotatable bonds is 7. The zero-order valence-corrected chi connectivity index (χ0v) is 17.5. The Morgan fingerprint density at radius 1 is 1.00 bits per heavy atom. The summed E-state index contributed by atoms with van der Waals surface area (Å²) >= 11 is 12.0. The van der Waals surface area contributed by atoms with E-state index in [1.807, 2.05) is 0 Å². The number of nitrogens with zero attached hydrogens (tertiary/aromatic N) is 1. The molecule has 0 aliphatic rings. The molecule has 0 aliphatic carbocycles. The first-order valence-electron chi connectivity index (χ1n) is 8.97. The Bertz CT molecular complexity index is 1100. The van der Waals surface area contributed by atoms with Crippen LogP contribution in [0.25, 0.3) is 0 Å². The fourth-order valence-corrected chi connectivity index (χ4v) is 2.79. The molecule has 0 atom stereocenters. The number of anilines is 1. The summed E-state index contributed by atoms with van der Waals surface area (Å²) in [4.78, 5) is 23.9. The zero-order valence-electron chi connectivity index (χ0n) is 15.9. The summed E-state index contributed by atoms with van der Waals surface area (Å²) in [5, 5.41) is 7.27. The SMILES string of the molecule is O=C(COc1ccc(/C=N\NC(=O)c2ccc(Cl)cc2)cc1Cl)Nc1ccc(F)cc1. The van der Waals surface area contributed by atoms with E-state index in [2.05, 4.69) is 15.8 Å². The predicted molar refractivity (Wildman–Crippen MR) is 118 cm³/mol. The number of hydrogen-bond acceptors (Lipinski definition) is 4. The topological polar surface area (TPSA) is 79.8 Å². The molecule has 3 aromatic rings. The Hall–Kier alpha value is -3.42. The fraction of sp³-hybridized carbons (Fsp3) is 0.0455. The smallest absolute Gasteiger partial charge is 0.271 e. The highest BCUT2D eigenvalue weighted by molar-refractivity contribution is 6.32. The van der Waals surface area contributed by atoms with Gasteiger partial charge in [-0.1, -0.05) is 23.2 Å². The van der Waals surface area contributed by atoms with Gasteiger partial charge in [-0.3, -0.25) is 9.59 Å². The monoisotopic (exact) mass is 459 g/mol. The van der Waals surface area contributed by atoms with Crippen LogP contribution in [0.15, 0.2) is 71.8 Å². The molecule has 31 heavy (non-hydrogen) atoms. The first-order valence-corrected chi connectivity index (χ1v) is 9.73. The van der Waals surface area contributed by atoms with Gasteiger partial charge in [-0.05, 0) is 72.3 Å². The average molecular weight is 460 g/mol. The molecule has 0 fully saturated rings. The van der Waals surface area contributed by atoms with Crippen LogP contribution in [-0.2, 0) is 4.79 Å². The number of amides is 2. The summed E-state index contributed by atoms with van der Waals surface area (Å²) in [6.45, 7) is -0.276. The highest BCUT2D eigenvalue weighted by Gasteiger charge is 2.08. The van der Waals surface area contributed by atoms with Crippen molar-refractivity contribution in [3.05, 3.63) is 93.7 Å². The maximum atomic E-state index is 12.9. The Kier molecular flexibility index (Phi) is 7.59. The second kappa shape index (κ2) is 10.6. The second-order valence-corrected chi connectivity index (χ2v) is 7.08. The standard InChI is InChI=1S/C22H16Cl2FN3O3/c23-16-4-2-15(3-5-16)22(30)28-26-12-14-1-10-20(19(24)11-14)31-13-21(29)27-18-8-6-17(25)7-9-18/h1-12H,13H2,(H,27,29)(H,28,30)/b26-12-. The third kappa shape index (κ3) is 6.80. The molecule has 3 rings (SSSR count). The van der Waals surface area contributed by atoms with Crippen molar-refractivity contribution in [1.29, 1.82) is 0 Å². The van der Waals surface area contributed by atoms with Crippen molar-refractivity contribution < 1.29 is 18.7 Å². The molecule has 0 saturated heterocycles. The maximum Gasteiger partial charge on any atom is 0.271 e. The molecule has 3 aromatic carbocycles. The van der Waals surface area contributed by atoms with Crippen LogP contribution in [0.4, 0.5) is 10.1 Å².